The molecule has 0 radical (unpaired) electrons. The molecule has 35 heavy (non-hydrogen) atoms. The number of hydrogen-bond donors (Lipinski definition) is 3. The van der Waals surface area contributed by atoms with Crippen LogP contribution in [0.5, 0.6) is 11.5 Å². The molecule has 1 rings (SSSR count). The molecule has 0 bridgehead atoms. The zero-order valence-corrected chi connectivity index (χ0v) is 23.4. The van der Waals surface area contributed by atoms with Gasteiger partial charge in [0.05, 0.1) is 19.8 Å². The van der Waals surface area contributed by atoms with Crippen LogP contribution in [0.4, 0.5) is 0 Å². The summed E-state index contributed by atoms with van der Waals surface area (Å²) in [6.45, 7) is 12.6. The number of amides is 1. The van der Waals surface area contributed by atoms with E-state index in [4.69, 9.17) is 19.9 Å². The molecule has 0 unspecified atom stereocenters. The fourth-order valence-electron chi connectivity index (χ4n) is 3.92. The molecule has 0 spiro atoms. The van der Waals surface area contributed by atoms with Crippen molar-refractivity contribution in [1.29, 1.82) is 0 Å². The Balaban J connectivity index is 0.0000116. The number of nitrogens with two attached hydrogens (primary N) is 1. The third-order valence-corrected chi connectivity index (χ3v) is 6.30. The van der Waals surface area contributed by atoms with Crippen molar-refractivity contribution in [3.63, 3.8) is 0 Å². The average Bonchev–Trinajstić information content (AvgIpc) is 2.81. The van der Waals surface area contributed by atoms with Gasteiger partial charge in [0, 0.05) is 25.1 Å². The van der Waals surface area contributed by atoms with Gasteiger partial charge in [-0.3, -0.25) is 4.79 Å². The van der Waals surface area contributed by atoms with E-state index in [0.29, 0.717) is 56.6 Å². The molecule has 1 aromatic carbocycles. The van der Waals surface area contributed by atoms with Crippen molar-refractivity contribution in [2.75, 3.05) is 33.5 Å². The molecule has 1 aromatic rings. The lowest BCUT2D eigenvalue weighted by Crippen LogP contribution is -2.41. The van der Waals surface area contributed by atoms with Crippen LogP contribution in [-0.4, -0.2) is 56.6 Å². The fourth-order valence-corrected chi connectivity index (χ4v) is 3.92. The number of aliphatic hydroxyl groups is 1. The molecular formula is C27H49ClN2O5. The van der Waals surface area contributed by atoms with Crippen LogP contribution in [0, 0.1) is 17.8 Å². The zero-order valence-electron chi connectivity index (χ0n) is 22.5. The van der Waals surface area contributed by atoms with Crippen molar-refractivity contribution in [2.24, 2.45) is 23.5 Å². The first kappa shape index (κ1) is 33.5. The van der Waals surface area contributed by atoms with Gasteiger partial charge in [0.1, 0.15) is 6.61 Å². The van der Waals surface area contributed by atoms with Crippen LogP contribution >= 0.6 is 12.4 Å². The predicted molar refractivity (Wildman–Crippen MR) is 145 cm³/mol. The largest absolute Gasteiger partial charge is 0.493 e. The van der Waals surface area contributed by atoms with Crippen LogP contribution in [0.3, 0.4) is 0 Å². The van der Waals surface area contributed by atoms with Crippen LogP contribution in [0.15, 0.2) is 18.2 Å². The molecule has 0 fully saturated rings. The normalized spacial score (nSPS) is 14.5. The lowest BCUT2D eigenvalue weighted by atomic mass is 9.82. The van der Waals surface area contributed by atoms with Crippen molar-refractivity contribution >= 4 is 18.3 Å². The Hall–Kier alpha value is -1.54. The molecule has 8 heteroatoms. The molecule has 4 atom stereocenters. The summed E-state index contributed by atoms with van der Waals surface area (Å²) in [7, 11) is 1.63. The number of nitrogens with one attached hydrogen (secondary N) is 1. The van der Waals surface area contributed by atoms with E-state index < -0.39 is 12.1 Å². The minimum Gasteiger partial charge on any atom is -0.493 e. The number of halogens is 1. The molecule has 4 N–H and O–H groups in total. The van der Waals surface area contributed by atoms with Gasteiger partial charge in [0.2, 0.25) is 5.91 Å². The first-order chi connectivity index (χ1) is 16.2. The number of rotatable bonds is 18. The first-order valence-corrected chi connectivity index (χ1v) is 12.8. The minimum absolute atomic E-state index is 0. The highest BCUT2D eigenvalue weighted by molar-refractivity contribution is 5.85. The number of methoxy groups -OCH3 is 1. The molecular weight excluding hydrogens is 468 g/mol. The molecule has 0 aliphatic carbocycles. The lowest BCUT2D eigenvalue weighted by molar-refractivity contribution is -0.125. The van der Waals surface area contributed by atoms with Gasteiger partial charge >= 0.3 is 0 Å². The van der Waals surface area contributed by atoms with E-state index in [-0.39, 0.29) is 30.2 Å². The van der Waals surface area contributed by atoms with E-state index in [0.717, 1.165) is 24.8 Å². The predicted octanol–water partition coefficient (Wildman–Crippen LogP) is 4.37. The number of ether oxygens (including phenoxy) is 3. The summed E-state index contributed by atoms with van der Waals surface area (Å²) < 4.78 is 16.7. The Bertz CT molecular complexity index is 704. The number of unbranched alkanes of at least 4 members (excludes halogenated alkanes) is 1. The highest BCUT2D eigenvalue weighted by Gasteiger charge is 2.26. The Morgan fingerprint density at radius 1 is 1.11 bits per heavy atom. The monoisotopic (exact) mass is 516 g/mol. The van der Waals surface area contributed by atoms with Crippen LogP contribution in [-0.2, 0) is 16.0 Å². The average molecular weight is 517 g/mol. The van der Waals surface area contributed by atoms with Crippen LogP contribution < -0.4 is 20.5 Å². The second-order valence-electron chi connectivity index (χ2n) is 9.49. The molecule has 0 aromatic heterocycles. The van der Waals surface area contributed by atoms with Gasteiger partial charge in [-0.25, -0.2) is 0 Å². The number of carbonyl (C=O) groups is 1. The van der Waals surface area contributed by atoms with Gasteiger partial charge in [-0.15, -0.1) is 12.4 Å². The zero-order chi connectivity index (χ0) is 25.5. The van der Waals surface area contributed by atoms with Gasteiger partial charge in [-0.05, 0) is 62.1 Å². The van der Waals surface area contributed by atoms with Crippen LogP contribution in [0.25, 0.3) is 0 Å². The summed E-state index contributed by atoms with van der Waals surface area (Å²) in [4.78, 5) is 12.3. The van der Waals surface area contributed by atoms with Crippen molar-refractivity contribution in [3.8, 4) is 11.5 Å². The molecule has 1 amide bonds. The van der Waals surface area contributed by atoms with E-state index in [1.165, 1.54) is 0 Å². The number of carbonyl (C=O) groups excluding carboxylic acids is 1. The Labute approximate surface area is 218 Å². The minimum atomic E-state index is -0.721. The molecule has 0 saturated heterocycles. The third-order valence-electron chi connectivity index (χ3n) is 6.30. The van der Waals surface area contributed by atoms with E-state index in [1.807, 2.05) is 32.0 Å². The maximum Gasteiger partial charge on any atom is 0.222 e. The maximum absolute atomic E-state index is 12.3. The van der Waals surface area contributed by atoms with Crippen LogP contribution in [0.1, 0.15) is 65.9 Å². The fraction of sp³-hybridized carbons (Fsp3) is 0.741. The molecule has 0 saturated carbocycles. The number of benzene rings is 1. The molecule has 204 valence electrons. The maximum atomic E-state index is 12.3. The first-order valence-electron chi connectivity index (χ1n) is 12.8. The van der Waals surface area contributed by atoms with Gasteiger partial charge in [-0.2, -0.15) is 0 Å². The van der Waals surface area contributed by atoms with E-state index in [9.17, 15) is 9.90 Å². The summed E-state index contributed by atoms with van der Waals surface area (Å²) in [5.41, 5.74) is 7.54. The summed E-state index contributed by atoms with van der Waals surface area (Å²) >= 11 is 0. The van der Waals surface area contributed by atoms with Crippen molar-refractivity contribution < 1.29 is 24.1 Å². The van der Waals surface area contributed by atoms with E-state index in [1.54, 1.807) is 7.11 Å². The van der Waals surface area contributed by atoms with E-state index in [2.05, 4.69) is 26.1 Å². The highest BCUT2D eigenvalue weighted by Crippen LogP contribution is 2.31. The Morgan fingerprint density at radius 2 is 1.83 bits per heavy atom. The Morgan fingerprint density at radius 3 is 2.43 bits per heavy atom. The molecule has 7 nitrogen and oxygen atoms in total. The van der Waals surface area contributed by atoms with E-state index >= 15 is 0 Å². The van der Waals surface area contributed by atoms with Crippen LogP contribution in [0.2, 0.25) is 0 Å². The summed E-state index contributed by atoms with van der Waals surface area (Å²) in [5.74, 6) is 1.78. The highest BCUT2D eigenvalue weighted by atomic mass is 35.5. The van der Waals surface area contributed by atoms with Crippen molar-refractivity contribution in [1.82, 2.24) is 5.32 Å². The standard InChI is InChI=1S/C27H48N2O5.ClH/c1-7-9-12-29-27(31)20(5)15-24(30)23(28)18-22(19(3)4)16-21-10-11-25(32-6)26(17-21)34-14-13-33-8-2;/h10-11,17,19-20,22-24,30H,7-9,12-16,18,28H2,1-6H3,(H,29,31);1H/t20-,22+,23+,24+;/m1./s1. The summed E-state index contributed by atoms with van der Waals surface area (Å²) in [6, 6.07) is 5.61. The quantitative estimate of drug-likeness (QED) is 0.250. The molecule has 0 heterocycles. The van der Waals surface area contributed by atoms with Gasteiger partial charge < -0.3 is 30.4 Å². The topological polar surface area (TPSA) is 103 Å². The molecule has 0 aliphatic heterocycles. The third kappa shape index (κ3) is 12.8. The SMILES string of the molecule is CCCCNC(=O)[C@H](C)C[C@H](O)[C@@H](N)C[C@H](Cc1ccc(OC)c(OCCOCC)c1)C(C)C.Cl. The smallest absolute Gasteiger partial charge is 0.222 e. The second-order valence-corrected chi connectivity index (χ2v) is 9.49. The number of hydrogen-bond acceptors (Lipinski definition) is 6. The summed E-state index contributed by atoms with van der Waals surface area (Å²) in [6.07, 6.45) is 3.13. The van der Waals surface area contributed by atoms with Crippen molar-refractivity contribution in [2.45, 2.75) is 78.9 Å². The number of aliphatic hydroxyl groups excluding tert-OH is 1. The van der Waals surface area contributed by atoms with Crippen molar-refractivity contribution in [3.05, 3.63) is 23.8 Å². The molecule has 0 aliphatic rings. The van der Waals surface area contributed by atoms with Gasteiger partial charge in [0.15, 0.2) is 11.5 Å². The lowest BCUT2D eigenvalue weighted by Gasteiger charge is -2.28. The van der Waals surface area contributed by atoms with Gasteiger partial charge in [-0.1, -0.05) is 40.2 Å². The Kier molecular flexibility index (Phi) is 17.9. The summed E-state index contributed by atoms with van der Waals surface area (Å²) in [5, 5.41) is 13.6. The second kappa shape index (κ2) is 18.7. The van der Waals surface area contributed by atoms with Gasteiger partial charge in [0.25, 0.3) is 0 Å².